The van der Waals surface area contributed by atoms with Crippen molar-refractivity contribution in [3.63, 3.8) is 0 Å². The van der Waals surface area contributed by atoms with Gasteiger partial charge in [-0.3, -0.25) is 0 Å². The van der Waals surface area contributed by atoms with Gasteiger partial charge in [0.2, 0.25) is 0 Å². The van der Waals surface area contributed by atoms with Crippen molar-refractivity contribution < 1.29 is 13.2 Å². The normalized spacial score (nSPS) is 19.5. The quantitative estimate of drug-likeness (QED) is 0.852. The van der Waals surface area contributed by atoms with Crippen LogP contribution in [0.3, 0.4) is 0 Å². The summed E-state index contributed by atoms with van der Waals surface area (Å²) < 4.78 is 36.3. The van der Waals surface area contributed by atoms with Gasteiger partial charge in [0.1, 0.15) is 0 Å². The van der Waals surface area contributed by atoms with Crippen LogP contribution in [0.15, 0.2) is 5.38 Å². The van der Waals surface area contributed by atoms with Crippen LogP contribution in [-0.4, -0.2) is 12.7 Å². The zero-order valence-corrected chi connectivity index (χ0v) is 12.0. The Bertz CT molecular complexity index is 411. The second kappa shape index (κ2) is 6.27. The number of hydrogen-bond donors (Lipinski definition) is 1. The average Bonchev–Trinajstić information content (AvgIpc) is 2.71. The van der Waals surface area contributed by atoms with Crippen LogP contribution in [0.25, 0.3) is 0 Å². The number of nitrogens with one attached hydrogen (secondary N) is 1. The Morgan fingerprint density at radius 2 is 2.21 bits per heavy atom. The molecule has 0 saturated carbocycles. The highest BCUT2D eigenvalue weighted by molar-refractivity contribution is 7.10. The Kier molecular flexibility index (Phi) is 4.90. The predicted octanol–water partition coefficient (Wildman–Crippen LogP) is 4.31. The first-order valence-electron chi connectivity index (χ1n) is 6.85. The molecule has 1 heterocycles. The van der Waals surface area contributed by atoms with E-state index in [0.29, 0.717) is 6.54 Å². The third-order valence-electron chi connectivity index (χ3n) is 3.68. The number of fused-ring (bicyclic) bond motifs is 1. The lowest BCUT2D eigenvalue weighted by Gasteiger charge is -2.22. The number of hydrogen-bond acceptors (Lipinski definition) is 2. The molecule has 0 saturated heterocycles. The first-order chi connectivity index (χ1) is 8.99. The van der Waals surface area contributed by atoms with Gasteiger partial charge in [-0.15, -0.1) is 11.3 Å². The van der Waals surface area contributed by atoms with Crippen LogP contribution in [0.1, 0.15) is 42.2 Å². The Balaban J connectivity index is 1.91. The van der Waals surface area contributed by atoms with Crippen molar-refractivity contribution in [2.75, 3.05) is 6.54 Å². The van der Waals surface area contributed by atoms with E-state index in [9.17, 15) is 13.2 Å². The number of rotatable bonds is 5. The highest BCUT2D eigenvalue weighted by atomic mass is 32.1. The van der Waals surface area contributed by atoms with Crippen LogP contribution in [-0.2, 0) is 19.4 Å². The van der Waals surface area contributed by atoms with E-state index in [1.165, 1.54) is 29.7 Å². The van der Waals surface area contributed by atoms with Crippen LogP contribution in [0, 0.1) is 5.92 Å². The maximum absolute atomic E-state index is 12.1. The van der Waals surface area contributed by atoms with Gasteiger partial charge in [0, 0.05) is 11.4 Å². The largest absolute Gasteiger partial charge is 0.401 e. The molecule has 0 fully saturated rings. The van der Waals surface area contributed by atoms with Crippen LogP contribution >= 0.6 is 11.3 Å². The van der Waals surface area contributed by atoms with E-state index in [-0.39, 0.29) is 0 Å². The fraction of sp³-hybridized carbons (Fsp3) is 0.714. The molecule has 5 heteroatoms. The molecule has 108 valence electrons. The van der Waals surface area contributed by atoms with Crippen molar-refractivity contribution >= 4 is 11.3 Å². The molecular weight excluding hydrogens is 271 g/mol. The summed E-state index contributed by atoms with van der Waals surface area (Å²) >= 11 is 1.72. The second-order valence-electron chi connectivity index (χ2n) is 5.28. The van der Waals surface area contributed by atoms with Gasteiger partial charge in [0.25, 0.3) is 0 Å². The number of thiophene rings is 1. The maximum atomic E-state index is 12.1. The predicted molar refractivity (Wildman–Crippen MR) is 72.5 cm³/mol. The van der Waals surface area contributed by atoms with Crippen LogP contribution in [0.5, 0.6) is 0 Å². The van der Waals surface area contributed by atoms with Gasteiger partial charge in [-0.25, -0.2) is 0 Å². The van der Waals surface area contributed by atoms with Gasteiger partial charge in [-0.2, -0.15) is 13.2 Å². The zero-order chi connectivity index (χ0) is 13.9. The first-order valence-corrected chi connectivity index (χ1v) is 7.73. The van der Waals surface area contributed by atoms with E-state index in [4.69, 9.17) is 0 Å². The van der Waals surface area contributed by atoms with Crippen LogP contribution in [0.2, 0.25) is 0 Å². The molecule has 0 aromatic carbocycles. The molecule has 2 rings (SSSR count). The molecule has 0 radical (unpaired) electrons. The minimum Gasteiger partial charge on any atom is -0.305 e. The highest BCUT2D eigenvalue weighted by Gasteiger charge is 2.27. The van der Waals surface area contributed by atoms with Crippen molar-refractivity contribution in [2.24, 2.45) is 5.92 Å². The van der Waals surface area contributed by atoms with Gasteiger partial charge < -0.3 is 5.32 Å². The summed E-state index contributed by atoms with van der Waals surface area (Å²) in [5.74, 6) is 0.770. The smallest absolute Gasteiger partial charge is 0.305 e. The minimum atomic E-state index is -4.12. The van der Waals surface area contributed by atoms with Crippen molar-refractivity contribution in [3.05, 3.63) is 21.4 Å². The standard InChI is InChI=1S/C14H20F3NS/c1-2-3-10-4-5-12-11(8-19-13(12)6-10)7-18-9-14(15,16)17/h8,10,18H,2-7,9H2,1H3. The van der Waals surface area contributed by atoms with Gasteiger partial charge >= 0.3 is 6.18 Å². The summed E-state index contributed by atoms with van der Waals surface area (Å²) in [4.78, 5) is 1.40. The van der Waals surface area contributed by atoms with E-state index in [0.717, 1.165) is 24.3 Å². The molecule has 1 nitrogen and oxygen atoms in total. The fourth-order valence-corrected chi connectivity index (χ4v) is 4.01. The van der Waals surface area contributed by atoms with E-state index in [1.807, 2.05) is 5.38 Å². The summed E-state index contributed by atoms with van der Waals surface area (Å²) in [6.07, 6.45) is 1.69. The lowest BCUT2D eigenvalue weighted by atomic mass is 9.85. The van der Waals surface area contributed by atoms with Gasteiger partial charge in [0.15, 0.2) is 0 Å². The third-order valence-corrected chi connectivity index (χ3v) is 4.78. The van der Waals surface area contributed by atoms with E-state index in [1.54, 1.807) is 11.3 Å². The topological polar surface area (TPSA) is 12.0 Å². The van der Waals surface area contributed by atoms with Gasteiger partial charge in [0.05, 0.1) is 6.54 Å². The van der Waals surface area contributed by atoms with Crippen molar-refractivity contribution in [2.45, 2.75) is 51.7 Å². The number of alkyl halides is 3. The van der Waals surface area contributed by atoms with Gasteiger partial charge in [-0.05, 0) is 41.7 Å². The first kappa shape index (κ1) is 14.9. The molecule has 1 atom stereocenters. The lowest BCUT2D eigenvalue weighted by Crippen LogP contribution is -2.28. The molecule has 1 unspecified atom stereocenters. The summed E-state index contributed by atoms with van der Waals surface area (Å²) in [5.41, 5.74) is 2.38. The van der Waals surface area contributed by atoms with E-state index in [2.05, 4.69) is 12.2 Å². The highest BCUT2D eigenvalue weighted by Crippen LogP contribution is 2.34. The molecule has 0 amide bonds. The Hall–Kier alpha value is -0.550. The summed E-state index contributed by atoms with van der Waals surface area (Å²) in [6.45, 7) is 1.64. The van der Waals surface area contributed by atoms with Crippen molar-refractivity contribution in [1.29, 1.82) is 0 Å². The van der Waals surface area contributed by atoms with Crippen molar-refractivity contribution in [3.8, 4) is 0 Å². The lowest BCUT2D eigenvalue weighted by molar-refractivity contribution is -0.125. The minimum absolute atomic E-state index is 0.337. The molecule has 1 N–H and O–H groups in total. The summed E-state index contributed by atoms with van der Waals surface area (Å²) in [7, 11) is 0. The third kappa shape index (κ3) is 4.21. The Morgan fingerprint density at radius 1 is 1.42 bits per heavy atom. The summed E-state index contributed by atoms with van der Waals surface area (Å²) in [6, 6.07) is 0. The summed E-state index contributed by atoms with van der Waals surface area (Å²) in [5, 5.41) is 4.53. The van der Waals surface area contributed by atoms with Gasteiger partial charge in [-0.1, -0.05) is 19.8 Å². The maximum Gasteiger partial charge on any atom is 0.401 e. The average molecular weight is 291 g/mol. The van der Waals surface area contributed by atoms with E-state index >= 15 is 0 Å². The zero-order valence-electron chi connectivity index (χ0n) is 11.1. The molecule has 1 aliphatic rings. The molecule has 0 bridgehead atoms. The molecule has 1 aromatic heterocycles. The SMILES string of the molecule is CCCC1CCc2c(CNCC(F)(F)F)csc2C1. The Labute approximate surface area is 116 Å². The van der Waals surface area contributed by atoms with Crippen LogP contribution < -0.4 is 5.32 Å². The van der Waals surface area contributed by atoms with Crippen LogP contribution in [0.4, 0.5) is 13.2 Å². The monoisotopic (exact) mass is 291 g/mol. The molecule has 0 aliphatic heterocycles. The van der Waals surface area contributed by atoms with E-state index < -0.39 is 12.7 Å². The van der Waals surface area contributed by atoms with Crippen molar-refractivity contribution in [1.82, 2.24) is 5.32 Å². The molecule has 1 aliphatic carbocycles. The fourth-order valence-electron chi connectivity index (χ4n) is 2.79. The number of halogens is 3. The molecule has 19 heavy (non-hydrogen) atoms. The Morgan fingerprint density at radius 3 is 2.89 bits per heavy atom. The molecular formula is C14H20F3NS. The molecule has 1 aromatic rings. The second-order valence-corrected chi connectivity index (χ2v) is 6.24. The molecule has 0 spiro atoms.